The van der Waals surface area contributed by atoms with Crippen LogP contribution in [0.5, 0.6) is 0 Å². The lowest BCUT2D eigenvalue weighted by molar-refractivity contribution is 0.0951. The summed E-state index contributed by atoms with van der Waals surface area (Å²) in [7, 11) is 4.01. The third-order valence-corrected chi connectivity index (χ3v) is 5.27. The van der Waals surface area contributed by atoms with Gasteiger partial charge >= 0.3 is 0 Å². The number of pyridine rings is 1. The van der Waals surface area contributed by atoms with Crippen molar-refractivity contribution in [2.75, 3.05) is 14.1 Å². The van der Waals surface area contributed by atoms with Gasteiger partial charge in [-0.3, -0.25) is 14.7 Å². The maximum absolute atomic E-state index is 12.8. The molecular weight excluding hydrogens is 364 g/mol. The lowest BCUT2D eigenvalue weighted by Gasteiger charge is -2.20. The molecule has 1 N–H and O–H groups in total. The summed E-state index contributed by atoms with van der Waals surface area (Å²) in [4.78, 5) is 23.9. The lowest BCUT2D eigenvalue weighted by atomic mass is 10.0. The van der Waals surface area contributed by atoms with Crippen LogP contribution in [-0.4, -0.2) is 50.7 Å². The van der Waals surface area contributed by atoms with Crippen LogP contribution in [0.15, 0.2) is 42.9 Å². The van der Waals surface area contributed by atoms with Crippen LogP contribution in [0.1, 0.15) is 47.6 Å². The van der Waals surface area contributed by atoms with Gasteiger partial charge in [-0.05, 0) is 70.6 Å². The van der Waals surface area contributed by atoms with Crippen LogP contribution < -0.4 is 5.32 Å². The zero-order valence-electron chi connectivity index (χ0n) is 17.3. The number of aryl methyl sites for hydroxylation is 1. The van der Waals surface area contributed by atoms with Crippen molar-refractivity contribution in [2.24, 2.45) is 0 Å². The van der Waals surface area contributed by atoms with Crippen LogP contribution in [0.25, 0.3) is 16.9 Å². The van der Waals surface area contributed by atoms with Crippen LogP contribution in [-0.2, 0) is 0 Å². The summed E-state index contributed by atoms with van der Waals surface area (Å²) >= 11 is 0. The van der Waals surface area contributed by atoms with Crippen molar-refractivity contribution >= 4 is 5.91 Å². The van der Waals surface area contributed by atoms with Gasteiger partial charge in [-0.25, -0.2) is 9.67 Å². The van der Waals surface area contributed by atoms with E-state index >= 15 is 0 Å². The number of hydrogen-bond acceptors (Lipinski definition) is 5. The van der Waals surface area contributed by atoms with Gasteiger partial charge in [0, 0.05) is 23.4 Å². The first kappa shape index (κ1) is 19.3. The van der Waals surface area contributed by atoms with Crippen molar-refractivity contribution in [3.05, 3.63) is 59.8 Å². The van der Waals surface area contributed by atoms with E-state index in [1.54, 1.807) is 11.0 Å². The fourth-order valence-electron chi connectivity index (χ4n) is 3.11. The Morgan fingerprint density at radius 2 is 2.00 bits per heavy atom. The van der Waals surface area contributed by atoms with E-state index in [1.807, 2.05) is 57.5 Å². The van der Waals surface area contributed by atoms with Crippen LogP contribution in [0.3, 0.4) is 0 Å². The van der Waals surface area contributed by atoms with E-state index in [0.29, 0.717) is 11.6 Å². The molecule has 29 heavy (non-hydrogen) atoms. The Balaban J connectivity index is 1.81. The summed E-state index contributed by atoms with van der Waals surface area (Å²) in [5.74, 6) is 0.752. The van der Waals surface area contributed by atoms with Gasteiger partial charge in [0.15, 0.2) is 0 Å². The first-order valence-electron chi connectivity index (χ1n) is 9.88. The normalized spacial score (nSPS) is 14.8. The molecule has 1 aliphatic rings. The zero-order chi connectivity index (χ0) is 20.5. The summed E-state index contributed by atoms with van der Waals surface area (Å²) in [5, 5.41) is 7.51. The fourth-order valence-corrected chi connectivity index (χ4v) is 3.11. The minimum Gasteiger partial charge on any atom is -0.349 e. The molecule has 7 nitrogen and oxygen atoms in total. The maximum atomic E-state index is 12.8. The highest BCUT2D eigenvalue weighted by Gasteiger charge is 2.25. The second kappa shape index (κ2) is 7.75. The molecule has 2 heterocycles. The van der Waals surface area contributed by atoms with Crippen molar-refractivity contribution in [1.82, 2.24) is 30.0 Å². The number of benzene rings is 1. The van der Waals surface area contributed by atoms with Gasteiger partial charge in [0.1, 0.15) is 12.2 Å². The molecule has 0 bridgehead atoms. The third-order valence-electron chi connectivity index (χ3n) is 5.27. The first-order valence-corrected chi connectivity index (χ1v) is 9.88. The number of nitrogens with one attached hydrogen (secondary N) is 1. The molecule has 1 aliphatic carbocycles. The van der Waals surface area contributed by atoms with Crippen LogP contribution in [0.4, 0.5) is 0 Å². The molecule has 7 heteroatoms. The van der Waals surface area contributed by atoms with Gasteiger partial charge in [0.2, 0.25) is 0 Å². The number of nitrogens with zero attached hydrogens (tertiary/aromatic N) is 5. The molecule has 1 unspecified atom stereocenters. The Morgan fingerprint density at radius 3 is 2.66 bits per heavy atom. The average molecular weight is 390 g/mol. The number of amides is 1. The Hall–Kier alpha value is -3.06. The van der Waals surface area contributed by atoms with Crippen LogP contribution in [0.2, 0.25) is 0 Å². The molecule has 150 valence electrons. The molecule has 1 amide bonds. The zero-order valence-corrected chi connectivity index (χ0v) is 17.3. The Bertz CT molecular complexity index is 1020. The first-order chi connectivity index (χ1) is 13.9. The van der Waals surface area contributed by atoms with Crippen LogP contribution in [0, 0.1) is 6.92 Å². The smallest absolute Gasteiger partial charge is 0.251 e. The second-order valence-corrected chi connectivity index (χ2v) is 7.91. The SMILES string of the molecule is Cc1ccc(-c2cc(C(=O)NC3CC3)cc(-n3ncnc3C(C)N(C)C)c2)nc1. The van der Waals surface area contributed by atoms with E-state index in [9.17, 15) is 4.79 Å². The molecule has 1 saturated carbocycles. The van der Waals surface area contributed by atoms with E-state index in [1.165, 1.54) is 0 Å². The van der Waals surface area contributed by atoms with Crippen molar-refractivity contribution < 1.29 is 4.79 Å². The summed E-state index contributed by atoms with van der Waals surface area (Å²) in [6, 6.07) is 10.1. The van der Waals surface area contributed by atoms with Crippen molar-refractivity contribution in [3.63, 3.8) is 0 Å². The van der Waals surface area contributed by atoms with Crippen molar-refractivity contribution in [2.45, 2.75) is 38.8 Å². The molecule has 1 aromatic carbocycles. The topological polar surface area (TPSA) is 75.9 Å². The monoisotopic (exact) mass is 390 g/mol. The van der Waals surface area contributed by atoms with E-state index in [4.69, 9.17) is 0 Å². The summed E-state index contributed by atoms with van der Waals surface area (Å²) < 4.78 is 1.80. The molecule has 2 aromatic heterocycles. The van der Waals surface area contributed by atoms with Gasteiger partial charge in [-0.1, -0.05) is 6.07 Å². The highest BCUT2D eigenvalue weighted by Crippen LogP contribution is 2.26. The summed E-state index contributed by atoms with van der Waals surface area (Å²) in [6.07, 6.45) is 5.48. The standard InChI is InChI=1S/C22H26N6O/c1-14-5-8-20(23-12-14)16-9-17(22(29)26-18-6-7-18)11-19(10-16)28-21(24-13-25-28)15(2)27(3)4/h5,8-13,15,18H,6-7H2,1-4H3,(H,26,29). The molecule has 3 aromatic rings. The minimum absolute atomic E-state index is 0.0648. The van der Waals surface area contributed by atoms with E-state index in [2.05, 4.69) is 32.2 Å². The van der Waals surface area contributed by atoms with Gasteiger partial charge in [-0.15, -0.1) is 0 Å². The molecule has 0 radical (unpaired) electrons. The molecule has 1 fully saturated rings. The molecule has 4 rings (SSSR count). The van der Waals surface area contributed by atoms with Gasteiger partial charge < -0.3 is 5.32 Å². The summed E-state index contributed by atoms with van der Waals surface area (Å²) in [6.45, 7) is 4.08. The predicted octanol–water partition coefficient (Wildman–Crippen LogP) is 3.15. The Kier molecular flexibility index (Phi) is 5.15. The predicted molar refractivity (Wildman–Crippen MR) is 112 cm³/mol. The van der Waals surface area contributed by atoms with E-state index < -0.39 is 0 Å². The largest absolute Gasteiger partial charge is 0.349 e. The van der Waals surface area contributed by atoms with Crippen LogP contribution >= 0.6 is 0 Å². The average Bonchev–Trinajstić information content (AvgIpc) is 3.39. The molecule has 0 saturated heterocycles. The van der Waals surface area contributed by atoms with Gasteiger partial charge in [-0.2, -0.15) is 5.10 Å². The van der Waals surface area contributed by atoms with E-state index in [0.717, 1.165) is 41.2 Å². The van der Waals surface area contributed by atoms with E-state index in [-0.39, 0.29) is 11.9 Å². The number of rotatable bonds is 6. The molecular formula is C22H26N6O. The fraction of sp³-hybridized carbons (Fsp3) is 0.364. The maximum Gasteiger partial charge on any atom is 0.251 e. The van der Waals surface area contributed by atoms with Crippen molar-refractivity contribution in [3.8, 4) is 16.9 Å². The molecule has 1 atom stereocenters. The Morgan fingerprint density at radius 1 is 1.21 bits per heavy atom. The summed E-state index contributed by atoms with van der Waals surface area (Å²) in [5.41, 5.74) is 4.19. The number of carbonyl (C=O) groups excluding carboxylic acids is 1. The Labute approximate surface area is 170 Å². The number of aromatic nitrogens is 4. The molecule has 0 aliphatic heterocycles. The third kappa shape index (κ3) is 4.19. The number of carbonyl (C=O) groups is 1. The second-order valence-electron chi connectivity index (χ2n) is 7.91. The number of hydrogen-bond donors (Lipinski definition) is 1. The molecule has 0 spiro atoms. The van der Waals surface area contributed by atoms with Gasteiger partial charge in [0.05, 0.1) is 17.4 Å². The lowest BCUT2D eigenvalue weighted by Crippen LogP contribution is -2.25. The quantitative estimate of drug-likeness (QED) is 0.700. The van der Waals surface area contributed by atoms with Crippen molar-refractivity contribution in [1.29, 1.82) is 0 Å². The highest BCUT2D eigenvalue weighted by molar-refractivity contribution is 5.96. The van der Waals surface area contributed by atoms with Gasteiger partial charge in [0.25, 0.3) is 5.91 Å². The highest BCUT2D eigenvalue weighted by atomic mass is 16.1. The minimum atomic E-state index is -0.0648.